The Kier molecular flexibility index (Phi) is 6.90. The lowest BCUT2D eigenvalue weighted by atomic mass is 10.1. The summed E-state index contributed by atoms with van der Waals surface area (Å²) in [5, 5.41) is 10.9. The molecule has 0 N–H and O–H groups in total. The molecule has 120 valence electrons. The highest BCUT2D eigenvalue weighted by Crippen LogP contribution is 2.22. The van der Waals surface area contributed by atoms with Gasteiger partial charge in [-0.05, 0) is 6.92 Å². The van der Waals surface area contributed by atoms with Gasteiger partial charge >= 0.3 is 5.97 Å². The van der Waals surface area contributed by atoms with Gasteiger partial charge in [-0.25, -0.2) is 9.78 Å². The first-order chi connectivity index (χ1) is 10.5. The van der Waals surface area contributed by atoms with Crippen LogP contribution < -0.4 is 4.74 Å². The van der Waals surface area contributed by atoms with Gasteiger partial charge < -0.3 is 14.2 Å². The number of aromatic nitrogens is 1. The number of Topliss-reactive ketones (excluding diaryl/α,β-unsaturated/α-hetero) is 1. The van der Waals surface area contributed by atoms with Crippen molar-refractivity contribution in [2.24, 2.45) is 0 Å². The smallest absolute Gasteiger partial charge is 0.374 e. The summed E-state index contributed by atoms with van der Waals surface area (Å²) in [6.45, 7) is 2.12. The number of nitrogens with zero attached hydrogens (tertiary/aromatic N) is 2. The third-order valence-electron chi connectivity index (χ3n) is 2.53. The van der Waals surface area contributed by atoms with E-state index in [2.05, 4.69) is 9.72 Å². The first-order valence-corrected chi connectivity index (χ1v) is 6.44. The topological polar surface area (TPSA) is 118 Å². The van der Waals surface area contributed by atoms with Crippen molar-refractivity contribution in [3.05, 3.63) is 27.9 Å². The van der Waals surface area contributed by atoms with Crippen molar-refractivity contribution in [2.75, 3.05) is 26.9 Å². The number of carbonyl (C=O) groups is 2. The largest absolute Gasteiger partial charge is 0.475 e. The van der Waals surface area contributed by atoms with E-state index in [0.717, 1.165) is 6.20 Å². The van der Waals surface area contributed by atoms with Crippen molar-refractivity contribution in [2.45, 2.75) is 13.3 Å². The minimum Gasteiger partial charge on any atom is -0.475 e. The Labute approximate surface area is 126 Å². The maximum atomic E-state index is 11.7. The first kappa shape index (κ1) is 17.5. The fraction of sp³-hybridized carbons (Fsp3) is 0.462. The number of pyridine rings is 1. The second-order valence-electron chi connectivity index (χ2n) is 4.07. The van der Waals surface area contributed by atoms with Crippen molar-refractivity contribution < 1.29 is 28.7 Å². The van der Waals surface area contributed by atoms with Crippen LogP contribution in [0.3, 0.4) is 0 Å². The molecule has 1 rings (SSSR count). The summed E-state index contributed by atoms with van der Waals surface area (Å²) >= 11 is 0. The molecule has 0 saturated carbocycles. The van der Waals surface area contributed by atoms with E-state index in [1.165, 1.54) is 13.2 Å². The Balaban J connectivity index is 2.92. The summed E-state index contributed by atoms with van der Waals surface area (Å²) in [4.78, 5) is 37.0. The second-order valence-corrected chi connectivity index (χ2v) is 4.07. The summed E-state index contributed by atoms with van der Waals surface area (Å²) in [6.07, 6.45) is 0.522. The van der Waals surface area contributed by atoms with E-state index < -0.39 is 23.1 Å². The molecule has 9 heteroatoms. The molecule has 0 aliphatic carbocycles. The average molecular weight is 312 g/mol. The molecular weight excluding hydrogens is 296 g/mol. The highest BCUT2D eigenvalue weighted by Gasteiger charge is 2.23. The molecule has 1 aromatic heterocycles. The maximum Gasteiger partial charge on any atom is 0.374 e. The van der Waals surface area contributed by atoms with Crippen LogP contribution in [0.1, 0.15) is 12.5 Å². The predicted molar refractivity (Wildman–Crippen MR) is 73.6 cm³/mol. The molecule has 0 atom stereocenters. The van der Waals surface area contributed by atoms with Gasteiger partial charge in [-0.1, -0.05) is 0 Å². The average Bonchev–Trinajstić information content (AvgIpc) is 2.47. The summed E-state index contributed by atoms with van der Waals surface area (Å²) in [5.41, 5.74) is -0.331. The quantitative estimate of drug-likeness (QED) is 0.215. The van der Waals surface area contributed by atoms with Crippen LogP contribution in [-0.2, 0) is 25.5 Å². The summed E-state index contributed by atoms with van der Waals surface area (Å²) < 4.78 is 14.6. The molecule has 1 heterocycles. The second kappa shape index (κ2) is 8.67. The third-order valence-corrected chi connectivity index (χ3v) is 2.53. The molecule has 0 aliphatic heterocycles. The SMILES string of the molecule is CCOC(=O)C(=O)Cc1cc(OCCOC)ncc1[N+](=O)[O-]. The first-order valence-electron chi connectivity index (χ1n) is 6.44. The van der Waals surface area contributed by atoms with Crippen LogP contribution in [0.2, 0.25) is 0 Å². The normalized spacial score (nSPS) is 10.1. The zero-order chi connectivity index (χ0) is 16.5. The van der Waals surface area contributed by atoms with Crippen LogP contribution in [0, 0.1) is 10.1 Å². The Bertz CT molecular complexity index is 559. The van der Waals surface area contributed by atoms with Gasteiger partial charge in [0.05, 0.1) is 24.6 Å². The molecule has 1 aromatic rings. The number of carbonyl (C=O) groups excluding carboxylic acids is 2. The van der Waals surface area contributed by atoms with Gasteiger partial charge in [-0.2, -0.15) is 0 Å². The zero-order valence-electron chi connectivity index (χ0n) is 12.2. The van der Waals surface area contributed by atoms with Gasteiger partial charge in [0.25, 0.3) is 5.69 Å². The lowest BCUT2D eigenvalue weighted by Crippen LogP contribution is -2.20. The van der Waals surface area contributed by atoms with Gasteiger partial charge in [0.15, 0.2) is 0 Å². The van der Waals surface area contributed by atoms with Crippen LogP contribution >= 0.6 is 0 Å². The van der Waals surface area contributed by atoms with Crippen molar-refractivity contribution in [1.82, 2.24) is 4.98 Å². The van der Waals surface area contributed by atoms with Crippen LogP contribution in [0.4, 0.5) is 5.69 Å². The minimum atomic E-state index is -1.03. The Morgan fingerprint density at radius 3 is 2.68 bits per heavy atom. The maximum absolute atomic E-state index is 11.7. The number of ether oxygens (including phenoxy) is 3. The van der Waals surface area contributed by atoms with E-state index in [1.807, 2.05) is 0 Å². The monoisotopic (exact) mass is 312 g/mol. The van der Waals surface area contributed by atoms with Crippen LogP contribution in [0.25, 0.3) is 0 Å². The number of esters is 1. The highest BCUT2D eigenvalue weighted by atomic mass is 16.6. The van der Waals surface area contributed by atoms with Gasteiger partial charge in [-0.15, -0.1) is 0 Å². The van der Waals surface area contributed by atoms with E-state index in [-0.39, 0.29) is 30.3 Å². The standard InChI is InChI=1S/C13H16N2O7/c1-3-21-13(17)11(16)6-9-7-12(22-5-4-20-2)14-8-10(9)15(18)19/h7-8H,3-6H2,1-2H3. The number of methoxy groups -OCH3 is 1. The number of nitro groups is 1. The molecule has 0 radical (unpaired) electrons. The predicted octanol–water partition coefficient (Wildman–Crippen LogP) is 0.690. The molecule has 0 saturated heterocycles. The molecule has 0 bridgehead atoms. The van der Waals surface area contributed by atoms with E-state index in [0.29, 0.717) is 6.61 Å². The van der Waals surface area contributed by atoms with Crippen molar-refractivity contribution >= 4 is 17.4 Å². The zero-order valence-corrected chi connectivity index (χ0v) is 12.2. The van der Waals surface area contributed by atoms with E-state index in [4.69, 9.17) is 9.47 Å². The number of hydrogen-bond donors (Lipinski definition) is 0. The third kappa shape index (κ3) is 5.09. The molecule has 22 heavy (non-hydrogen) atoms. The van der Waals surface area contributed by atoms with Gasteiger partial charge in [0, 0.05) is 18.7 Å². The molecule has 0 aliphatic rings. The summed E-state index contributed by atoms with van der Waals surface area (Å²) in [5.74, 6) is -1.80. The molecule has 0 fully saturated rings. The lowest BCUT2D eigenvalue weighted by Gasteiger charge is -2.07. The molecule has 0 spiro atoms. The fourth-order valence-corrected chi connectivity index (χ4v) is 1.54. The fourth-order valence-electron chi connectivity index (χ4n) is 1.54. The van der Waals surface area contributed by atoms with Crippen LogP contribution in [0.5, 0.6) is 5.88 Å². The van der Waals surface area contributed by atoms with E-state index in [9.17, 15) is 19.7 Å². The van der Waals surface area contributed by atoms with E-state index >= 15 is 0 Å². The summed E-state index contributed by atoms with van der Waals surface area (Å²) in [6, 6.07) is 1.25. The van der Waals surface area contributed by atoms with Gasteiger partial charge in [0.2, 0.25) is 11.7 Å². The molecule has 9 nitrogen and oxygen atoms in total. The Morgan fingerprint density at radius 1 is 1.36 bits per heavy atom. The van der Waals surface area contributed by atoms with Crippen molar-refractivity contribution in [1.29, 1.82) is 0 Å². The lowest BCUT2D eigenvalue weighted by molar-refractivity contribution is -0.385. The van der Waals surface area contributed by atoms with Crippen molar-refractivity contribution in [3.63, 3.8) is 0 Å². The van der Waals surface area contributed by atoms with Crippen LogP contribution in [-0.4, -0.2) is 48.6 Å². The van der Waals surface area contributed by atoms with E-state index in [1.54, 1.807) is 6.92 Å². The minimum absolute atomic E-state index is 0.0328. The highest BCUT2D eigenvalue weighted by molar-refractivity contribution is 6.34. The van der Waals surface area contributed by atoms with Gasteiger partial charge in [-0.3, -0.25) is 14.9 Å². The van der Waals surface area contributed by atoms with Crippen molar-refractivity contribution in [3.8, 4) is 5.88 Å². The Hall–Kier alpha value is -2.55. The van der Waals surface area contributed by atoms with Gasteiger partial charge in [0.1, 0.15) is 12.8 Å². The molecule has 0 unspecified atom stereocenters. The molecular formula is C13H16N2O7. The Morgan fingerprint density at radius 2 is 2.09 bits per heavy atom. The van der Waals surface area contributed by atoms with Crippen LogP contribution in [0.15, 0.2) is 12.3 Å². The molecule has 0 aromatic carbocycles. The number of hydrogen-bond acceptors (Lipinski definition) is 8. The molecule has 0 amide bonds. The number of rotatable bonds is 9. The summed E-state index contributed by atoms with van der Waals surface area (Å²) in [7, 11) is 1.50. The number of ketones is 1.